The minimum absolute atomic E-state index is 0.184. The lowest BCUT2D eigenvalue weighted by Gasteiger charge is -2.13. The van der Waals surface area contributed by atoms with E-state index in [1.54, 1.807) is 14.2 Å². The van der Waals surface area contributed by atoms with Gasteiger partial charge in [0.1, 0.15) is 0 Å². The van der Waals surface area contributed by atoms with E-state index in [0.29, 0.717) is 0 Å². The van der Waals surface area contributed by atoms with E-state index in [-0.39, 0.29) is 18.8 Å². The zero-order chi connectivity index (χ0) is 9.68. The van der Waals surface area contributed by atoms with Crippen molar-refractivity contribution in [2.24, 2.45) is 0 Å². The first kappa shape index (κ1) is 10.9. The molecule has 1 N–H and O–H groups in total. The average molecular weight is 189 g/mol. The Kier molecular flexibility index (Phi) is 4.66. The maximum absolute atomic E-state index is 8.68. The molecule has 0 amide bonds. The minimum Gasteiger partial charge on any atom is -0.396 e. The van der Waals surface area contributed by atoms with Crippen LogP contribution in [0.3, 0.4) is 0 Å². The summed E-state index contributed by atoms with van der Waals surface area (Å²) in [6, 6.07) is 0. The molecule has 1 saturated heterocycles. The molecule has 2 unspecified atom stereocenters. The van der Waals surface area contributed by atoms with Gasteiger partial charge in [0, 0.05) is 40.5 Å². The maximum atomic E-state index is 8.68. The SMILES string of the molecule is COC1CN(CCCO)CC1OC. The number of aliphatic hydroxyl groups is 1. The summed E-state index contributed by atoms with van der Waals surface area (Å²) in [4.78, 5) is 2.26. The Morgan fingerprint density at radius 2 is 1.77 bits per heavy atom. The van der Waals surface area contributed by atoms with E-state index in [1.807, 2.05) is 0 Å². The van der Waals surface area contributed by atoms with Crippen molar-refractivity contribution in [1.82, 2.24) is 4.90 Å². The van der Waals surface area contributed by atoms with E-state index < -0.39 is 0 Å². The number of hydrogen-bond acceptors (Lipinski definition) is 4. The van der Waals surface area contributed by atoms with Gasteiger partial charge in [0.25, 0.3) is 0 Å². The molecule has 0 aliphatic carbocycles. The van der Waals surface area contributed by atoms with Gasteiger partial charge in [-0.15, -0.1) is 0 Å². The topological polar surface area (TPSA) is 41.9 Å². The van der Waals surface area contributed by atoms with E-state index in [1.165, 1.54) is 0 Å². The second-order valence-corrected chi connectivity index (χ2v) is 3.39. The lowest BCUT2D eigenvalue weighted by Crippen LogP contribution is -2.27. The highest BCUT2D eigenvalue weighted by Gasteiger charge is 2.32. The van der Waals surface area contributed by atoms with Crippen LogP contribution in [0.5, 0.6) is 0 Å². The zero-order valence-corrected chi connectivity index (χ0v) is 8.40. The van der Waals surface area contributed by atoms with Crippen molar-refractivity contribution < 1.29 is 14.6 Å². The van der Waals surface area contributed by atoms with Gasteiger partial charge < -0.3 is 14.6 Å². The number of methoxy groups -OCH3 is 2. The van der Waals surface area contributed by atoms with Crippen LogP contribution < -0.4 is 0 Å². The van der Waals surface area contributed by atoms with E-state index in [0.717, 1.165) is 26.1 Å². The van der Waals surface area contributed by atoms with Crippen molar-refractivity contribution in [1.29, 1.82) is 0 Å². The monoisotopic (exact) mass is 189 g/mol. The number of nitrogens with zero attached hydrogens (tertiary/aromatic N) is 1. The van der Waals surface area contributed by atoms with E-state index in [9.17, 15) is 0 Å². The predicted molar refractivity (Wildman–Crippen MR) is 49.7 cm³/mol. The number of ether oxygens (including phenoxy) is 2. The van der Waals surface area contributed by atoms with Crippen molar-refractivity contribution in [2.45, 2.75) is 18.6 Å². The Labute approximate surface area is 79.4 Å². The Hall–Kier alpha value is -0.160. The van der Waals surface area contributed by atoms with Crippen LogP contribution in [0.2, 0.25) is 0 Å². The highest BCUT2D eigenvalue weighted by atomic mass is 16.5. The summed E-state index contributed by atoms with van der Waals surface area (Å²) < 4.78 is 10.6. The standard InChI is InChI=1S/C9H19NO3/c1-12-8-6-10(4-3-5-11)7-9(8)13-2/h8-9,11H,3-7H2,1-2H3. The van der Waals surface area contributed by atoms with Gasteiger partial charge in [-0.3, -0.25) is 4.90 Å². The van der Waals surface area contributed by atoms with Crippen molar-refractivity contribution in [3.63, 3.8) is 0 Å². The second-order valence-electron chi connectivity index (χ2n) is 3.39. The molecule has 13 heavy (non-hydrogen) atoms. The summed E-state index contributed by atoms with van der Waals surface area (Å²) in [6.45, 7) is 3.01. The number of hydrogen-bond donors (Lipinski definition) is 1. The molecule has 0 saturated carbocycles. The van der Waals surface area contributed by atoms with E-state index >= 15 is 0 Å². The summed E-state index contributed by atoms with van der Waals surface area (Å²) in [5.74, 6) is 0. The summed E-state index contributed by atoms with van der Waals surface area (Å²) in [7, 11) is 3.43. The summed E-state index contributed by atoms with van der Waals surface area (Å²) in [5.41, 5.74) is 0. The van der Waals surface area contributed by atoms with Gasteiger partial charge in [0.05, 0.1) is 12.2 Å². The molecule has 0 aromatic carbocycles. The van der Waals surface area contributed by atoms with E-state index in [2.05, 4.69) is 4.90 Å². The fourth-order valence-corrected chi connectivity index (χ4v) is 1.75. The molecule has 1 aliphatic rings. The molecule has 0 radical (unpaired) electrons. The summed E-state index contributed by atoms with van der Waals surface area (Å²) in [6.07, 6.45) is 1.19. The van der Waals surface area contributed by atoms with Crippen LogP contribution in [0, 0.1) is 0 Å². The van der Waals surface area contributed by atoms with Crippen LogP contribution in [0.25, 0.3) is 0 Å². The first-order chi connectivity index (χ1) is 6.31. The van der Waals surface area contributed by atoms with Gasteiger partial charge in [0.2, 0.25) is 0 Å². The highest BCUT2D eigenvalue weighted by molar-refractivity contribution is 4.85. The zero-order valence-electron chi connectivity index (χ0n) is 8.40. The molecule has 1 rings (SSSR count). The fourth-order valence-electron chi connectivity index (χ4n) is 1.75. The summed E-state index contributed by atoms with van der Waals surface area (Å²) >= 11 is 0. The maximum Gasteiger partial charge on any atom is 0.0971 e. The third kappa shape index (κ3) is 2.91. The van der Waals surface area contributed by atoms with Gasteiger partial charge >= 0.3 is 0 Å². The average Bonchev–Trinajstić information content (AvgIpc) is 2.57. The van der Waals surface area contributed by atoms with Crippen LogP contribution >= 0.6 is 0 Å². The third-order valence-electron chi connectivity index (χ3n) is 2.53. The number of aliphatic hydroxyl groups excluding tert-OH is 1. The molecule has 1 fully saturated rings. The molecule has 78 valence electrons. The molecular weight excluding hydrogens is 170 g/mol. The molecule has 0 aromatic heterocycles. The molecule has 4 nitrogen and oxygen atoms in total. The largest absolute Gasteiger partial charge is 0.396 e. The Morgan fingerprint density at radius 3 is 2.15 bits per heavy atom. The Bertz CT molecular complexity index is 131. The van der Waals surface area contributed by atoms with Crippen LogP contribution in [0.15, 0.2) is 0 Å². The quantitative estimate of drug-likeness (QED) is 0.645. The van der Waals surface area contributed by atoms with Gasteiger partial charge in [-0.25, -0.2) is 0 Å². The van der Waals surface area contributed by atoms with Crippen LogP contribution in [-0.2, 0) is 9.47 Å². The third-order valence-corrected chi connectivity index (χ3v) is 2.53. The first-order valence-corrected chi connectivity index (χ1v) is 4.70. The molecule has 1 aliphatic heterocycles. The normalized spacial score (nSPS) is 29.8. The number of rotatable bonds is 5. The van der Waals surface area contributed by atoms with Gasteiger partial charge in [0.15, 0.2) is 0 Å². The molecule has 0 aromatic rings. The summed E-state index contributed by atoms with van der Waals surface area (Å²) in [5, 5.41) is 8.68. The smallest absolute Gasteiger partial charge is 0.0971 e. The van der Waals surface area contributed by atoms with Crippen LogP contribution in [0.4, 0.5) is 0 Å². The Morgan fingerprint density at radius 1 is 1.23 bits per heavy atom. The molecule has 2 atom stereocenters. The van der Waals surface area contributed by atoms with Crippen molar-refractivity contribution in [3.8, 4) is 0 Å². The van der Waals surface area contributed by atoms with Crippen molar-refractivity contribution in [2.75, 3.05) is 40.5 Å². The lowest BCUT2D eigenvalue weighted by atomic mass is 10.3. The lowest BCUT2D eigenvalue weighted by molar-refractivity contribution is -0.00461. The molecule has 0 bridgehead atoms. The number of likely N-dealkylation sites (tertiary alicyclic amines) is 1. The second kappa shape index (κ2) is 5.54. The van der Waals surface area contributed by atoms with Crippen molar-refractivity contribution >= 4 is 0 Å². The van der Waals surface area contributed by atoms with E-state index in [4.69, 9.17) is 14.6 Å². The first-order valence-electron chi connectivity index (χ1n) is 4.70. The molecule has 4 heteroatoms. The van der Waals surface area contributed by atoms with Gasteiger partial charge in [-0.05, 0) is 6.42 Å². The van der Waals surface area contributed by atoms with Gasteiger partial charge in [-0.2, -0.15) is 0 Å². The Balaban J connectivity index is 2.30. The van der Waals surface area contributed by atoms with Crippen LogP contribution in [-0.4, -0.2) is 62.7 Å². The molecular formula is C9H19NO3. The van der Waals surface area contributed by atoms with Gasteiger partial charge in [-0.1, -0.05) is 0 Å². The molecule has 0 spiro atoms. The van der Waals surface area contributed by atoms with Crippen molar-refractivity contribution in [3.05, 3.63) is 0 Å². The highest BCUT2D eigenvalue weighted by Crippen LogP contribution is 2.15. The predicted octanol–water partition coefficient (Wildman–Crippen LogP) is -0.286. The van der Waals surface area contributed by atoms with Crippen LogP contribution in [0.1, 0.15) is 6.42 Å². The molecule has 1 heterocycles. The fraction of sp³-hybridized carbons (Fsp3) is 1.00. The minimum atomic E-state index is 0.184.